The smallest absolute Gasteiger partial charge is 0.254 e. The normalized spacial score (nSPS) is 12.5. The molecule has 8 heteroatoms. The maximum atomic E-state index is 14.5. The Morgan fingerprint density at radius 2 is 1.66 bits per heavy atom. The van der Waals surface area contributed by atoms with Gasteiger partial charge >= 0.3 is 0 Å². The average molecular weight is 456 g/mol. The number of amides is 1. The van der Waals surface area contributed by atoms with Crippen molar-refractivity contribution in [2.75, 3.05) is 20.1 Å². The molecule has 1 atom stereocenters. The topological polar surface area (TPSA) is 70.6 Å². The molecule has 1 amide bonds. The fraction of sp³-hybridized carbons (Fsp3) is 0.250. The van der Waals surface area contributed by atoms with Gasteiger partial charge in [-0.15, -0.1) is 0 Å². The number of carbonyl (C=O) groups excluding carboxylic acids is 1. The molecule has 168 valence electrons. The second-order valence-electron chi connectivity index (χ2n) is 7.22. The first kappa shape index (κ1) is 23.6. The summed E-state index contributed by atoms with van der Waals surface area (Å²) in [6.07, 6.45) is 1.65. The van der Waals surface area contributed by atoms with E-state index in [9.17, 15) is 17.6 Å². The standard InChI is InChI=1S/C24H26FN3O3S/c1-4-28(5-2)32(30,31)22-17-19(14-15-20(22)25)24(29)27(3)23(18-11-7-6-8-12-18)21-13-9-10-16-26-21/h6-17,23H,4-5H2,1-3H3. The number of sulfonamides is 1. The largest absolute Gasteiger partial charge is 0.329 e. The van der Waals surface area contributed by atoms with Gasteiger partial charge in [-0.1, -0.05) is 50.2 Å². The molecule has 1 aromatic heterocycles. The van der Waals surface area contributed by atoms with Crippen LogP contribution in [0.25, 0.3) is 0 Å². The van der Waals surface area contributed by atoms with Crippen molar-refractivity contribution in [1.82, 2.24) is 14.2 Å². The summed E-state index contributed by atoms with van der Waals surface area (Å²) in [5.41, 5.74) is 1.59. The van der Waals surface area contributed by atoms with Gasteiger partial charge in [0.1, 0.15) is 10.7 Å². The molecule has 1 unspecified atom stereocenters. The lowest BCUT2D eigenvalue weighted by Gasteiger charge is -2.28. The summed E-state index contributed by atoms with van der Waals surface area (Å²) >= 11 is 0. The molecule has 6 nitrogen and oxygen atoms in total. The van der Waals surface area contributed by atoms with Gasteiger partial charge in [0.25, 0.3) is 5.91 Å². The molecular weight excluding hydrogens is 429 g/mol. The molecule has 2 aromatic carbocycles. The number of halogens is 1. The van der Waals surface area contributed by atoms with Crippen LogP contribution in [-0.4, -0.2) is 48.7 Å². The maximum absolute atomic E-state index is 14.5. The zero-order valence-corrected chi connectivity index (χ0v) is 19.1. The van der Waals surface area contributed by atoms with Crippen LogP contribution in [0.4, 0.5) is 4.39 Å². The average Bonchev–Trinajstić information content (AvgIpc) is 2.81. The van der Waals surface area contributed by atoms with E-state index in [2.05, 4.69) is 4.98 Å². The Balaban J connectivity index is 2.04. The molecule has 0 aliphatic heterocycles. The van der Waals surface area contributed by atoms with Crippen molar-refractivity contribution in [1.29, 1.82) is 0 Å². The molecular formula is C24H26FN3O3S. The monoisotopic (exact) mass is 455 g/mol. The molecule has 0 N–H and O–H groups in total. The van der Waals surface area contributed by atoms with Gasteiger partial charge in [-0.05, 0) is 35.9 Å². The van der Waals surface area contributed by atoms with E-state index in [1.807, 2.05) is 42.5 Å². The molecule has 0 saturated carbocycles. The second-order valence-corrected chi connectivity index (χ2v) is 9.12. The van der Waals surface area contributed by atoms with Gasteiger partial charge in [0, 0.05) is 31.9 Å². The Kier molecular flexibility index (Phi) is 7.37. The number of pyridine rings is 1. The highest BCUT2D eigenvalue weighted by molar-refractivity contribution is 7.89. The van der Waals surface area contributed by atoms with Crippen LogP contribution in [0.15, 0.2) is 77.8 Å². The van der Waals surface area contributed by atoms with Crippen LogP contribution in [0.2, 0.25) is 0 Å². The molecule has 0 aliphatic carbocycles. The maximum Gasteiger partial charge on any atom is 0.254 e. The number of rotatable bonds is 8. The Morgan fingerprint density at radius 3 is 2.25 bits per heavy atom. The first-order chi connectivity index (χ1) is 15.3. The van der Waals surface area contributed by atoms with Crippen molar-refractivity contribution >= 4 is 15.9 Å². The summed E-state index contributed by atoms with van der Waals surface area (Å²) in [5.74, 6) is -1.33. The van der Waals surface area contributed by atoms with Crippen molar-refractivity contribution in [2.24, 2.45) is 0 Å². The van der Waals surface area contributed by atoms with Gasteiger partial charge < -0.3 is 4.90 Å². The van der Waals surface area contributed by atoms with Crippen LogP contribution in [0, 0.1) is 5.82 Å². The predicted octanol–water partition coefficient (Wildman–Crippen LogP) is 4.11. The highest BCUT2D eigenvalue weighted by Crippen LogP contribution is 2.28. The SMILES string of the molecule is CCN(CC)S(=O)(=O)c1cc(C(=O)N(C)C(c2ccccc2)c2ccccn2)ccc1F. The second kappa shape index (κ2) is 10.0. The Labute approximate surface area is 188 Å². The summed E-state index contributed by atoms with van der Waals surface area (Å²) in [7, 11) is -2.44. The molecule has 0 fully saturated rings. The minimum Gasteiger partial charge on any atom is -0.329 e. The number of benzene rings is 2. The van der Waals surface area contributed by atoms with E-state index in [0.717, 1.165) is 22.0 Å². The van der Waals surface area contributed by atoms with Crippen molar-refractivity contribution < 1.29 is 17.6 Å². The highest BCUT2D eigenvalue weighted by atomic mass is 32.2. The van der Waals surface area contributed by atoms with Crippen LogP contribution in [0.3, 0.4) is 0 Å². The van der Waals surface area contributed by atoms with E-state index in [0.29, 0.717) is 5.69 Å². The molecule has 0 radical (unpaired) electrons. The van der Waals surface area contributed by atoms with Crippen molar-refractivity contribution in [3.63, 3.8) is 0 Å². The van der Waals surface area contributed by atoms with Gasteiger partial charge in [0.15, 0.2) is 0 Å². The third-order valence-corrected chi connectivity index (χ3v) is 7.36. The Morgan fingerprint density at radius 1 is 1.00 bits per heavy atom. The van der Waals surface area contributed by atoms with E-state index in [4.69, 9.17) is 0 Å². The number of carbonyl (C=O) groups is 1. The molecule has 3 aromatic rings. The van der Waals surface area contributed by atoms with Crippen LogP contribution < -0.4 is 0 Å². The highest BCUT2D eigenvalue weighted by Gasteiger charge is 2.29. The quantitative estimate of drug-likeness (QED) is 0.513. The summed E-state index contributed by atoms with van der Waals surface area (Å²) in [6, 6.07) is 17.8. The third kappa shape index (κ3) is 4.71. The van der Waals surface area contributed by atoms with E-state index in [1.54, 1.807) is 33.2 Å². The molecule has 0 bridgehead atoms. The molecule has 1 heterocycles. The first-order valence-electron chi connectivity index (χ1n) is 10.3. The van der Waals surface area contributed by atoms with E-state index in [-0.39, 0.29) is 18.7 Å². The number of hydrogen-bond acceptors (Lipinski definition) is 4. The first-order valence-corrected chi connectivity index (χ1v) is 11.8. The van der Waals surface area contributed by atoms with Gasteiger partial charge in [-0.25, -0.2) is 12.8 Å². The summed E-state index contributed by atoms with van der Waals surface area (Å²) in [5, 5.41) is 0. The van der Waals surface area contributed by atoms with Crippen LogP contribution in [-0.2, 0) is 10.0 Å². The van der Waals surface area contributed by atoms with Crippen molar-refractivity contribution in [3.05, 3.63) is 95.6 Å². The minimum atomic E-state index is -4.06. The number of aromatic nitrogens is 1. The van der Waals surface area contributed by atoms with Crippen molar-refractivity contribution in [3.8, 4) is 0 Å². The minimum absolute atomic E-state index is 0.0801. The number of hydrogen-bond donors (Lipinski definition) is 0. The van der Waals surface area contributed by atoms with Crippen LogP contribution >= 0.6 is 0 Å². The van der Waals surface area contributed by atoms with E-state index < -0.39 is 32.7 Å². The van der Waals surface area contributed by atoms with Gasteiger partial charge in [-0.3, -0.25) is 9.78 Å². The third-order valence-electron chi connectivity index (χ3n) is 5.29. The molecule has 0 aliphatic rings. The van der Waals surface area contributed by atoms with Gasteiger partial charge in [0.05, 0.1) is 11.7 Å². The lowest BCUT2D eigenvalue weighted by molar-refractivity contribution is 0.0752. The van der Waals surface area contributed by atoms with Crippen molar-refractivity contribution in [2.45, 2.75) is 24.8 Å². The number of nitrogens with zero attached hydrogens (tertiary/aromatic N) is 3. The van der Waals surface area contributed by atoms with Crippen LogP contribution in [0.1, 0.15) is 41.5 Å². The molecule has 0 spiro atoms. The molecule has 0 saturated heterocycles. The fourth-order valence-corrected chi connectivity index (χ4v) is 5.17. The Bertz CT molecular complexity index is 1130. The van der Waals surface area contributed by atoms with Crippen LogP contribution in [0.5, 0.6) is 0 Å². The zero-order valence-electron chi connectivity index (χ0n) is 18.3. The van der Waals surface area contributed by atoms with E-state index >= 15 is 0 Å². The van der Waals surface area contributed by atoms with Gasteiger partial charge in [0.2, 0.25) is 10.0 Å². The van der Waals surface area contributed by atoms with E-state index in [1.165, 1.54) is 11.0 Å². The summed E-state index contributed by atoms with van der Waals surface area (Å²) in [4.78, 5) is 18.8. The summed E-state index contributed by atoms with van der Waals surface area (Å²) in [6.45, 7) is 3.76. The molecule has 32 heavy (non-hydrogen) atoms. The zero-order chi connectivity index (χ0) is 23.3. The lowest BCUT2D eigenvalue weighted by atomic mass is 10.0. The lowest BCUT2D eigenvalue weighted by Crippen LogP contribution is -2.33. The van der Waals surface area contributed by atoms with Gasteiger partial charge in [-0.2, -0.15) is 4.31 Å². The molecule has 3 rings (SSSR count). The summed E-state index contributed by atoms with van der Waals surface area (Å²) < 4.78 is 41.4. The predicted molar refractivity (Wildman–Crippen MR) is 121 cm³/mol. The fourth-order valence-electron chi connectivity index (χ4n) is 3.62. The Hall–Kier alpha value is -3.10.